The molecule has 1 aliphatic rings. The van der Waals surface area contributed by atoms with Gasteiger partial charge in [-0.25, -0.2) is 0 Å². The number of nitrogens with zero attached hydrogens (tertiary/aromatic N) is 1. The highest BCUT2D eigenvalue weighted by atomic mass is 35.5. The SMILES string of the molecule is CC(C)C[C@H]1COc2ccc(Cl)cc2C(=O)NCCCCN(C(=O)CCc2ccccc2)CC(=O)N1. The molecule has 0 saturated heterocycles. The van der Waals surface area contributed by atoms with Crippen molar-refractivity contribution in [3.05, 3.63) is 64.7 Å². The topological polar surface area (TPSA) is 87.7 Å². The maximum Gasteiger partial charge on any atom is 0.255 e. The van der Waals surface area contributed by atoms with Crippen LogP contribution in [0.25, 0.3) is 0 Å². The number of fused-ring (bicyclic) bond motifs is 1. The Morgan fingerprint density at radius 3 is 2.67 bits per heavy atom. The predicted octanol–water partition coefficient (Wildman–Crippen LogP) is 4.23. The van der Waals surface area contributed by atoms with Crippen molar-refractivity contribution >= 4 is 29.3 Å². The highest BCUT2D eigenvalue weighted by Gasteiger charge is 2.22. The Morgan fingerprint density at radius 1 is 1.14 bits per heavy atom. The molecule has 194 valence electrons. The summed E-state index contributed by atoms with van der Waals surface area (Å²) >= 11 is 6.13. The first-order valence-corrected chi connectivity index (χ1v) is 13.0. The lowest BCUT2D eigenvalue weighted by Gasteiger charge is -2.25. The summed E-state index contributed by atoms with van der Waals surface area (Å²) in [6.07, 6.45) is 2.99. The number of amides is 3. The Morgan fingerprint density at radius 2 is 1.92 bits per heavy atom. The lowest BCUT2D eigenvalue weighted by molar-refractivity contribution is -0.136. The monoisotopic (exact) mass is 513 g/mol. The molecular formula is C28H36ClN3O4. The van der Waals surface area contributed by atoms with E-state index in [4.69, 9.17) is 16.3 Å². The molecule has 0 aromatic heterocycles. The first-order chi connectivity index (χ1) is 17.3. The first-order valence-electron chi connectivity index (χ1n) is 12.6. The number of rotatable bonds is 5. The van der Waals surface area contributed by atoms with Crippen LogP contribution in [0.3, 0.4) is 0 Å². The molecule has 1 heterocycles. The van der Waals surface area contributed by atoms with Crippen LogP contribution in [-0.2, 0) is 16.0 Å². The van der Waals surface area contributed by atoms with Gasteiger partial charge in [0.05, 0.1) is 18.2 Å². The smallest absolute Gasteiger partial charge is 0.255 e. The maximum atomic E-state index is 13.0. The molecule has 0 fully saturated rings. The summed E-state index contributed by atoms with van der Waals surface area (Å²) in [7, 11) is 0. The minimum Gasteiger partial charge on any atom is -0.491 e. The molecule has 0 bridgehead atoms. The number of carbonyl (C=O) groups is 3. The highest BCUT2D eigenvalue weighted by molar-refractivity contribution is 6.31. The van der Waals surface area contributed by atoms with Gasteiger partial charge in [0.1, 0.15) is 12.4 Å². The van der Waals surface area contributed by atoms with Gasteiger partial charge in [0, 0.05) is 24.5 Å². The second-order valence-corrected chi connectivity index (χ2v) is 10.0. The van der Waals surface area contributed by atoms with Crippen molar-refractivity contribution in [2.24, 2.45) is 5.92 Å². The number of nitrogens with one attached hydrogen (secondary N) is 2. The minimum absolute atomic E-state index is 0.000766. The van der Waals surface area contributed by atoms with Crippen molar-refractivity contribution in [2.75, 3.05) is 26.2 Å². The van der Waals surface area contributed by atoms with Crippen LogP contribution in [-0.4, -0.2) is 54.9 Å². The van der Waals surface area contributed by atoms with Gasteiger partial charge in [-0.2, -0.15) is 0 Å². The molecule has 2 N–H and O–H groups in total. The Bertz CT molecular complexity index is 1030. The fourth-order valence-corrected chi connectivity index (χ4v) is 4.42. The van der Waals surface area contributed by atoms with Crippen molar-refractivity contribution in [1.29, 1.82) is 0 Å². The third-order valence-corrected chi connectivity index (χ3v) is 6.28. The van der Waals surface area contributed by atoms with Crippen molar-refractivity contribution in [3.8, 4) is 5.75 Å². The van der Waals surface area contributed by atoms with Crippen molar-refractivity contribution in [1.82, 2.24) is 15.5 Å². The molecule has 0 spiro atoms. The number of benzene rings is 2. The molecule has 0 unspecified atom stereocenters. The molecule has 7 nitrogen and oxygen atoms in total. The van der Waals surface area contributed by atoms with E-state index in [1.807, 2.05) is 30.3 Å². The summed E-state index contributed by atoms with van der Waals surface area (Å²) in [5, 5.41) is 6.41. The van der Waals surface area contributed by atoms with Crippen molar-refractivity contribution in [2.45, 2.75) is 52.0 Å². The predicted molar refractivity (Wildman–Crippen MR) is 141 cm³/mol. The second-order valence-electron chi connectivity index (χ2n) is 9.61. The summed E-state index contributed by atoms with van der Waals surface area (Å²) in [5.74, 6) is 0.214. The number of hydrogen-bond donors (Lipinski definition) is 2. The lowest BCUT2D eigenvalue weighted by atomic mass is 10.0. The van der Waals surface area contributed by atoms with Crippen molar-refractivity contribution in [3.63, 3.8) is 0 Å². The normalized spacial score (nSPS) is 17.8. The third kappa shape index (κ3) is 8.86. The van der Waals surface area contributed by atoms with E-state index in [0.29, 0.717) is 67.4 Å². The summed E-state index contributed by atoms with van der Waals surface area (Å²) in [6.45, 7) is 5.24. The fourth-order valence-electron chi connectivity index (χ4n) is 4.25. The van der Waals surface area contributed by atoms with Crippen LogP contribution in [0.1, 0.15) is 55.5 Å². The van der Waals surface area contributed by atoms with Crippen LogP contribution in [0.2, 0.25) is 5.02 Å². The Balaban J connectivity index is 1.73. The summed E-state index contributed by atoms with van der Waals surface area (Å²) in [6, 6.07) is 14.5. The van der Waals surface area contributed by atoms with Crippen LogP contribution in [0.4, 0.5) is 0 Å². The number of ether oxygens (including phenoxy) is 1. The second kappa shape index (κ2) is 13.9. The zero-order valence-corrected chi connectivity index (χ0v) is 21.9. The first kappa shape index (κ1) is 27.5. The standard InChI is InChI=1S/C28H36ClN3O4/c1-20(2)16-23-19-36-25-12-11-22(29)17-24(25)28(35)30-14-6-7-15-32(18-26(33)31-23)27(34)13-10-21-8-4-3-5-9-21/h3-5,8-9,11-12,17,20,23H,6-7,10,13-16,18-19H2,1-2H3,(H,30,35)(H,31,33)/t23-/m0/s1. The molecule has 3 rings (SSSR count). The summed E-state index contributed by atoms with van der Waals surface area (Å²) < 4.78 is 6.00. The molecule has 1 atom stereocenters. The molecule has 0 radical (unpaired) electrons. The van der Waals surface area contributed by atoms with Gasteiger partial charge in [0.15, 0.2) is 0 Å². The van der Waals surface area contributed by atoms with Crippen molar-refractivity contribution < 1.29 is 19.1 Å². The molecule has 3 amide bonds. The van der Waals surface area contributed by atoms with Crippen LogP contribution >= 0.6 is 11.6 Å². The molecule has 0 aliphatic carbocycles. The minimum atomic E-state index is -0.268. The maximum absolute atomic E-state index is 13.0. The van der Waals surface area contributed by atoms with E-state index in [1.54, 1.807) is 23.1 Å². The molecular weight excluding hydrogens is 478 g/mol. The molecule has 1 aliphatic heterocycles. The summed E-state index contributed by atoms with van der Waals surface area (Å²) in [5.41, 5.74) is 1.45. The average Bonchev–Trinajstić information content (AvgIpc) is 2.85. The fraction of sp³-hybridized carbons (Fsp3) is 0.464. The summed E-state index contributed by atoms with van der Waals surface area (Å²) in [4.78, 5) is 40.5. The largest absolute Gasteiger partial charge is 0.491 e. The Kier molecular flexibility index (Phi) is 10.6. The van der Waals surface area contributed by atoms with Gasteiger partial charge in [-0.3, -0.25) is 14.4 Å². The molecule has 0 saturated carbocycles. The van der Waals surface area contributed by atoms with Gasteiger partial charge in [-0.15, -0.1) is 0 Å². The number of carbonyl (C=O) groups excluding carboxylic acids is 3. The van der Waals surface area contributed by atoms with E-state index < -0.39 is 0 Å². The number of halogens is 1. The molecule has 2 aromatic rings. The van der Waals surface area contributed by atoms with Crippen LogP contribution in [0.15, 0.2) is 48.5 Å². The molecule has 8 heteroatoms. The van der Waals surface area contributed by atoms with Gasteiger partial charge < -0.3 is 20.3 Å². The zero-order valence-electron chi connectivity index (χ0n) is 21.1. The average molecular weight is 514 g/mol. The quantitative estimate of drug-likeness (QED) is 0.626. The lowest BCUT2D eigenvalue weighted by Crippen LogP contribution is -2.46. The highest BCUT2D eigenvalue weighted by Crippen LogP contribution is 2.24. The Labute approximate surface area is 218 Å². The van der Waals surface area contributed by atoms with Crippen LogP contribution in [0, 0.1) is 5.92 Å². The van der Waals surface area contributed by atoms with E-state index in [2.05, 4.69) is 24.5 Å². The zero-order chi connectivity index (χ0) is 25.9. The number of aryl methyl sites for hydroxylation is 1. The number of hydrogen-bond acceptors (Lipinski definition) is 4. The van der Waals surface area contributed by atoms with Crippen LogP contribution < -0.4 is 15.4 Å². The van der Waals surface area contributed by atoms with E-state index in [0.717, 1.165) is 5.56 Å². The van der Waals surface area contributed by atoms with Gasteiger partial charge in [-0.1, -0.05) is 55.8 Å². The van der Waals surface area contributed by atoms with E-state index in [1.165, 1.54) is 0 Å². The third-order valence-electron chi connectivity index (χ3n) is 6.05. The molecule has 2 aromatic carbocycles. The van der Waals surface area contributed by atoms with Crippen LogP contribution in [0.5, 0.6) is 5.75 Å². The van der Waals surface area contributed by atoms with E-state index >= 15 is 0 Å². The van der Waals surface area contributed by atoms with E-state index in [9.17, 15) is 14.4 Å². The van der Waals surface area contributed by atoms with Gasteiger partial charge >= 0.3 is 0 Å². The molecule has 36 heavy (non-hydrogen) atoms. The van der Waals surface area contributed by atoms with Gasteiger partial charge in [-0.05, 0) is 55.4 Å². The van der Waals surface area contributed by atoms with Gasteiger partial charge in [0.2, 0.25) is 11.8 Å². The van der Waals surface area contributed by atoms with Gasteiger partial charge in [0.25, 0.3) is 5.91 Å². The Hall–Kier alpha value is -3.06. The van der Waals surface area contributed by atoms with E-state index in [-0.39, 0.29) is 36.9 Å².